The molecule has 0 saturated carbocycles. The van der Waals surface area contributed by atoms with Crippen molar-refractivity contribution in [1.82, 2.24) is 5.32 Å². The van der Waals surface area contributed by atoms with Crippen molar-refractivity contribution in [2.45, 2.75) is 18.8 Å². The van der Waals surface area contributed by atoms with Gasteiger partial charge < -0.3 is 20.5 Å². The number of nitrogens with one attached hydrogen (secondary N) is 2. The SMILES string of the molecule is CCc1ccc(N[C@@H]2NC(=O)/C(=C/c3ccccc3OCC(=O)O)S2)cc1. The predicted octanol–water partition coefficient (Wildman–Crippen LogP) is 3.31. The molecule has 2 aromatic carbocycles. The van der Waals surface area contributed by atoms with Crippen molar-refractivity contribution in [3.63, 3.8) is 0 Å². The number of carbonyl (C=O) groups excluding carboxylic acids is 1. The monoisotopic (exact) mass is 384 g/mol. The number of rotatable bonds is 7. The zero-order valence-electron chi connectivity index (χ0n) is 14.8. The van der Waals surface area contributed by atoms with Crippen LogP contribution in [0.1, 0.15) is 18.1 Å². The van der Waals surface area contributed by atoms with Gasteiger partial charge in [-0.3, -0.25) is 4.79 Å². The van der Waals surface area contributed by atoms with Gasteiger partial charge in [-0.15, -0.1) is 0 Å². The van der Waals surface area contributed by atoms with Gasteiger partial charge in [-0.05, 0) is 36.3 Å². The highest BCUT2D eigenvalue weighted by atomic mass is 32.2. The van der Waals surface area contributed by atoms with Crippen molar-refractivity contribution in [1.29, 1.82) is 0 Å². The van der Waals surface area contributed by atoms with Crippen LogP contribution in [0.3, 0.4) is 0 Å². The van der Waals surface area contributed by atoms with E-state index in [1.807, 2.05) is 18.2 Å². The van der Waals surface area contributed by atoms with Crippen molar-refractivity contribution < 1.29 is 19.4 Å². The van der Waals surface area contributed by atoms with Crippen molar-refractivity contribution in [3.8, 4) is 5.75 Å². The zero-order chi connectivity index (χ0) is 19.2. The van der Waals surface area contributed by atoms with Gasteiger partial charge in [0.25, 0.3) is 5.91 Å². The summed E-state index contributed by atoms with van der Waals surface area (Å²) in [6.07, 6.45) is 2.69. The zero-order valence-corrected chi connectivity index (χ0v) is 15.6. The lowest BCUT2D eigenvalue weighted by atomic mass is 10.1. The first kappa shape index (κ1) is 18.8. The van der Waals surface area contributed by atoms with E-state index < -0.39 is 12.6 Å². The van der Waals surface area contributed by atoms with Crippen LogP contribution in [0, 0.1) is 0 Å². The van der Waals surface area contributed by atoms with Crippen LogP contribution in [0.5, 0.6) is 5.75 Å². The molecule has 0 unspecified atom stereocenters. The molecule has 1 atom stereocenters. The molecule has 0 aromatic heterocycles. The van der Waals surface area contributed by atoms with Crippen molar-refractivity contribution in [3.05, 3.63) is 64.6 Å². The summed E-state index contributed by atoms with van der Waals surface area (Å²) in [5.41, 5.74) is 2.56. The third-order valence-corrected chi connectivity index (χ3v) is 4.98. The van der Waals surface area contributed by atoms with Gasteiger partial charge in [-0.1, -0.05) is 49.0 Å². The number of thioether (sulfide) groups is 1. The van der Waals surface area contributed by atoms with E-state index in [-0.39, 0.29) is 11.4 Å². The molecule has 1 saturated heterocycles. The van der Waals surface area contributed by atoms with E-state index in [0.29, 0.717) is 16.2 Å². The minimum atomic E-state index is -1.05. The number of para-hydroxylation sites is 1. The first-order chi connectivity index (χ1) is 13.0. The van der Waals surface area contributed by atoms with Crippen molar-refractivity contribution in [2.75, 3.05) is 11.9 Å². The van der Waals surface area contributed by atoms with Crippen LogP contribution < -0.4 is 15.4 Å². The first-order valence-corrected chi connectivity index (χ1v) is 9.41. The fourth-order valence-electron chi connectivity index (χ4n) is 2.57. The number of anilines is 1. The van der Waals surface area contributed by atoms with Crippen LogP contribution in [-0.2, 0) is 16.0 Å². The summed E-state index contributed by atoms with van der Waals surface area (Å²) in [6.45, 7) is 1.67. The lowest BCUT2D eigenvalue weighted by Crippen LogP contribution is -2.30. The van der Waals surface area contributed by atoms with Crippen LogP contribution in [0.4, 0.5) is 5.69 Å². The summed E-state index contributed by atoms with van der Waals surface area (Å²) < 4.78 is 5.29. The molecule has 0 aliphatic carbocycles. The Balaban J connectivity index is 1.70. The van der Waals surface area contributed by atoms with Gasteiger partial charge in [0.05, 0.1) is 4.91 Å². The van der Waals surface area contributed by atoms with E-state index in [1.165, 1.54) is 17.3 Å². The molecule has 0 spiro atoms. The maximum absolute atomic E-state index is 12.3. The van der Waals surface area contributed by atoms with Gasteiger partial charge in [0.15, 0.2) is 12.1 Å². The summed E-state index contributed by atoms with van der Waals surface area (Å²) in [5.74, 6) is -0.813. The summed E-state index contributed by atoms with van der Waals surface area (Å²) in [5, 5.41) is 14.9. The number of carboxylic acids is 1. The van der Waals surface area contributed by atoms with Gasteiger partial charge in [0.1, 0.15) is 5.75 Å². The van der Waals surface area contributed by atoms with E-state index in [0.717, 1.165) is 12.1 Å². The largest absolute Gasteiger partial charge is 0.481 e. The highest BCUT2D eigenvalue weighted by Gasteiger charge is 2.27. The standard InChI is InChI=1S/C20H20N2O4S/c1-2-13-7-9-15(10-8-13)21-20-22-19(25)17(27-20)11-14-5-3-4-6-16(14)26-12-18(23)24/h3-11,20-21H,2,12H2,1H3,(H,22,25)(H,23,24)/b17-11-/t20-/m1/s1. The van der Waals surface area contributed by atoms with Crippen molar-refractivity contribution >= 4 is 35.4 Å². The summed E-state index contributed by atoms with van der Waals surface area (Å²) in [6, 6.07) is 15.1. The molecule has 3 rings (SSSR count). The van der Waals surface area contributed by atoms with Crippen LogP contribution in [0.2, 0.25) is 0 Å². The average molecular weight is 384 g/mol. The maximum Gasteiger partial charge on any atom is 0.341 e. The molecule has 1 amide bonds. The highest BCUT2D eigenvalue weighted by Crippen LogP contribution is 2.32. The van der Waals surface area contributed by atoms with Crippen LogP contribution >= 0.6 is 11.8 Å². The fourth-order valence-corrected chi connectivity index (χ4v) is 3.54. The van der Waals surface area contributed by atoms with Crippen LogP contribution in [0.15, 0.2) is 53.4 Å². The van der Waals surface area contributed by atoms with E-state index in [1.54, 1.807) is 24.3 Å². The lowest BCUT2D eigenvalue weighted by Gasteiger charge is -2.13. The minimum absolute atomic E-state index is 0.185. The Labute approximate surface area is 161 Å². The molecule has 1 aliphatic rings. The van der Waals surface area contributed by atoms with E-state index in [4.69, 9.17) is 9.84 Å². The predicted molar refractivity (Wildman–Crippen MR) is 107 cm³/mol. The number of hydrogen-bond acceptors (Lipinski definition) is 5. The third kappa shape index (κ3) is 5.04. The van der Waals surface area contributed by atoms with Crippen molar-refractivity contribution in [2.24, 2.45) is 0 Å². The Morgan fingerprint density at radius 2 is 2.00 bits per heavy atom. The molecule has 0 radical (unpaired) electrons. The van der Waals surface area contributed by atoms with Gasteiger partial charge in [-0.25, -0.2) is 4.79 Å². The molecular formula is C20H20N2O4S. The smallest absolute Gasteiger partial charge is 0.341 e. The summed E-state index contributed by atoms with van der Waals surface area (Å²) in [7, 11) is 0. The number of hydrogen-bond donors (Lipinski definition) is 3. The molecule has 27 heavy (non-hydrogen) atoms. The molecule has 1 aliphatic heterocycles. The average Bonchev–Trinajstić information content (AvgIpc) is 3.00. The van der Waals surface area contributed by atoms with E-state index in [2.05, 4.69) is 29.7 Å². The summed E-state index contributed by atoms with van der Waals surface area (Å²) in [4.78, 5) is 23.5. The normalized spacial score (nSPS) is 17.6. The molecule has 7 heteroatoms. The lowest BCUT2D eigenvalue weighted by molar-refractivity contribution is -0.139. The Morgan fingerprint density at radius 1 is 1.26 bits per heavy atom. The second-order valence-corrected chi connectivity index (χ2v) is 7.04. The molecule has 1 heterocycles. The molecule has 1 fully saturated rings. The minimum Gasteiger partial charge on any atom is -0.481 e. The molecule has 0 bridgehead atoms. The van der Waals surface area contributed by atoms with Gasteiger partial charge in [-0.2, -0.15) is 0 Å². The van der Waals surface area contributed by atoms with Crippen LogP contribution in [-0.4, -0.2) is 29.1 Å². The summed E-state index contributed by atoms with van der Waals surface area (Å²) >= 11 is 1.37. The van der Waals surface area contributed by atoms with E-state index >= 15 is 0 Å². The molecule has 3 N–H and O–H groups in total. The fraction of sp³-hybridized carbons (Fsp3) is 0.200. The van der Waals surface area contributed by atoms with E-state index in [9.17, 15) is 9.59 Å². The topological polar surface area (TPSA) is 87.7 Å². The number of benzene rings is 2. The number of aryl methyl sites for hydroxylation is 1. The molecular weight excluding hydrogens is 364 g/mol. The number of carbonyl (C=O) groups is 2. The number of aliphatic carboxylic acids is 1. The first-order valence-electron chi connectivity index (χ1n) is 8.53. The second-order valence-electron chi connectivity index (χ2n) is 5.89. The van der Waals surface area contributed by atoms with Gasteiger partial charge >= 0.3 is 5.97 Å². The molecule has 2 aromatic rings. The van der Waals surface area contributed by atoms with Gasteiger partial charge in [0, 0.05) is 11.3 Å². The second kappa shape index (κ2) is 8.64. The van der Waals surface area contributed by atoms with Gasteiger partial charge in [0.2, 0.25) is 0 Å². The number of carboxylic acid groups (broad SMARTS) is 1. The Morgan fingerprint density at radius 3 is 2.70 bits per heavy atom. The Kier molecular flexibility index (Phi) is 6.03. The number of ether oxygens (including phenoxy) is 1. The molecule has 140 valence electrons. The Bertz CT molecular complexity index is 865. The third-order valence-electron chi connectivity index (χ3n) is 3.95. The molecule has 6 nitrogen and oxygen atoms in total. The maximum atomic E-state index is 12.3. The quantitative estimate of drug-likeness (QED) is 0.635. The van der Waals surface area contributed by atoms with Crippen LogP contribution in [0.25, 0.3) is 6.08 Å². The Hall–Kier alpha value is -2.93. The highest BCUT2D eigenvalue weighted by molar-refractivity contribution is 8.05. The number of amides is 1.